The van der Waals surface area contributed by atoms with Gasteiger partial charge in [-0.3, -0.25) is 0 Å². The van der Waals surface area contributed by atoms with Gasteiger partial charge in [0.2, 0.25) is 5.75 Å². The molecule has 33 heavy (non-hydrogen) atoms. The minimum absolute atomic E-state index is 0.0414. The van der Waals surface area contributed by atoms with Crippen LogP contribution in [0.3, 0.4) is 0 Å². The summed E-state index contributed by atoms with van der Waals surface area (Å²) in [6.45, 7) is 4.24. The largest absolute Gasteiger partial charge is 0.493 e. The van der Waals surface area contributed by atoms with Crippen LogP contribution in [0.2, 0.25) is 0 Å². The van der Waals surface area contributed by atoms with Crippen LogP contribution >= 0.6 is 0 Å². The molecule has 1 heterocycles. The molecular weight excluding hydrogens is 429 g/mol. The Bertz CT molecular complexity index is 1060. The van der Waals surface area contributed by atoms with Crippen LogP contribution < -0.4 is 19.5 Å². The van der Waals surface area contributed by atoms with Crippen LogP contribution in [-0.4, -0.2) is 43.5 Å². The summed E-state index contributed by atoms with van der Waals surface area (Å²) in [4.78, 5) is 14.4. The van der Waals surface area contributed by atoms with E-state index in [1.807, 2.05) is 13.8 Å². The molecule has 1 aromatic heterocycles. The minimum atomic E-state index is -0.330. The number of methoxy groups -OCH3 is 3. The Morgan fingerprint density at radius 3 is 2.21 bits per heavy atom. The van der Waals surface area contributed by atoms with Crippen molar-refractivity contribution in [2.45, 2.75) is 33.0 Å². The summed E-state index contributed by atoms with van der Waals surface area (Å²) >= 11 is 0. The molecule has 3 aromatic rings. The smallest absolute Gasteiger partial charge is 0.318 e. The molecule has 2 amide bonds. The van der Waals surface area contributed by atoms with Gasteiger partial charge in [-0.1, -0.05) is 17.3 Å². The number of aromatic nitrogens is 1. The maximum absolute atomic E-state index is 13.3. The second-order valence-corrected chi connectivity index (χ2v) is 7.68. The summed E-state index contributed by atoms with van der Waals surface area (Å²) in [6.07, 6.45) is 0. The van der Waals surface area contributed by atoms with Crippen molar-refractivity contribution >= 4 is 6.03 Å². The van der Waals surface area contributed by atoms with Gasteiger partial charge in [0.1, 0.15) is 11.5 Å². The second-order valence-electron chi connectivity index (χ2n) is 7.68. The highest BCUT2D eigenvalue weighted by molar-refractivity contribution is 5.74. The predicted molar refractivity (Wildman–Crippen MR) is 121 cm³/mol. The van der Waals surface area contributed by atoms with Gasteiger partial charge in [0.05, 0.1) is 27.9 Å². The number of ether oxygens (including phenoxy) is 3. The maximum atomic E-state index is 13.3. The van der Waals surface area contributed by atoms with E-state index in [9.17, 15) is 9.18 Å². The zero-order valence-corrected chi connectivity index (χ0v) is 19.3. The fraction of sp³-hybridized carbons (Fsp3) is 0.333. The van der Waals surface area contributed by atoms with Crippen LogP contribution in [0.15, 0.2) is 47.0 Å². The number of hydrogen-bond acceptors (Lipinski definition) is 6. The highest BCUT2D eigenvalue weighted by Crippen LogP contribution is 2.41. The Kier molecular flexibility index (Phi) is 7.76. The monoisotopic (exact) mass is 457 g/mol. The molecule has 0 aliphatic carbocycles. The zero-order valence-electron chi connectivity index (χ0n) is 19.3. The highest BCUT2D eigenvalue weighted by atomic mass is 19.1. The highest BCUT2D eigenvalue weighted by Gasteiger charge is 2.20. The SMILES string of the molecule is COc1cc(-c2cc(CN(Cc3ccc(F)cc3)C(=O)NC(C)C)no2)cc(OC)c1OC. The molecular formula is C24H28FN3O5. The molecule has 0 aliphatic rings. The van der Waals surface area contributed by atoms with Gasteiger partial charge < -0.3 is 29.0 Å². The number of urea groups is 1. The van der Waals surface area contributed by atoms with E-state index in [-0.39, 0.29) is 31.0 Å². The molecule has 0 spiro atoms. The van der Waals surface area contributed by atoms with Gasteiger partial charge in [-0.15, -0.1) is 0 Å². The van der Waals surface area contributed by atoms with Crippen molar-refractivity contribution in [3.8, 4) is 28.6 Å². The molecule has 1 N–H and O–H groups in total. The summed E-state index contributed by atoms with van der Waals surface area (Å²) < 4.78 is 35.0. The number of nitrogens with zero attached hydrogens (tertiary/aromatic N) is 2. The fourth-order valence-electron chi connectivity index (χ4n) is 3.29. The van der Waals surface area contributed by atoms with Gasteiger partial charge in [-0.25, -0.2) is 9.18 Å². The number of benzene rings is 2. The number of carbonyl (C=O) groups is 1. The third kappa shape index (κ3) is 5.94. The lowest BCUT2D eigenvalue weighted by Gasteiger charge is -2.23. The summed E-state index contributed by atoms with van der Waals surface area (Å²) in [5, 5.41) is 7.02. The first kappa shape index (κ1) is 23.9. The van der Waals surface area contributed by atoms with Gasteiger partial charge in [0.15, 0.2) is 17.3 Å². The van der Waals surface area contributed by atoms with Crippen LogP contribution in [-0.2, 0) is 13.1 Å². The summed E-state index contributed by atoms with van der Waals surface area (Å²) in [5.74, 6) is 1.59. The van der Waals surface area contributed by atoms with E-state index in [2.05, 4.69) is 10.5 Å². The topological polar surface area (TPSA) is 86.1 Å². The number of carbonyl (C=O) groups excluding carboxylic acids is 1. The molecule has 3 rings (SSSR count). The van der Waals surface area contributed by atoms with Crippen LogP contribution in [0.4, 0.5) is 9.18 Å². The van der Waals surface area contributed by atoms with Crippen molar-refractivity contribution in [1.82, 2.24) is 15.4 Å². The van der Waals surface area contributed by atoms with Crippen LogP contribution in [0.25, 0.3) is 11.3 Å². The maximum Gasteiger partial charge on any atom is 0.318 e. The van der Waals surface area contributed by atoms with E-state index in [1.54, 1.807) is 35.2 Å². The van der Waals surface area contributed by atoms with Gasteiger partial charge in [-0.2, -0.15) is 0 Å². The summed E-state index contributed by atoms with van der Waals surface area (Å²) in [6, 6.07) is 11.0. The first-order valence-electron chi connectivity index (χ1n) is 10.4. The Balaban J connectivity index is 1.86. The van der Waals surface area contributed by atoms with E-state index in [4.69, 9.17) is 18.7 Å². The van der Waals surface area contributed by atoms with Crippen molar-refractivity contribution < 1.29 is 27.9 Å². The quantitative estimate of drug-likeness (QED) is 0.504. The average Bonchev–Trinajstić information content (AvgIpc) is 3.27. The van der Waals surface area contributed by atoms with Gasteiger partial charge >= 0.3 is 6.03 Å². The average molecular weight is 458 g/mol. The molecule has 8 nitrogen and oxygen atoms in total. The van der Waals surface area contributed by atoms with Crippen LogP contribution in [0, 0.1) is 5.82 Å². The lowest BCUT2D eigenvalue weighted by atomic mass is 10.1. The van der Waals surface area contributed by atoms with Crippen LogP contribution in [0.5, 0.6) is 17.2 Å². The third-order valence-corrected chi connectivity index (χ3v) is 4.85. The van der Waals surface area contributed by atoms with E-state index < -0.39 is 0 Å². The first-order valence-corrected chi connectivity index (χ1v) is 10.4. The van der Waals surface area contributed by atoms with Crippen molar-refractivity contribution in [2.24, 2.45) is 0 Å². The normalized spacial score (nSPS) is 10.8. The third-order valence-electron chi connectivity index (χ3n) is 4.85. The molecule has 0 fully saturated rings. The molecule has 176 valence electrons. The van der Waals surface area contributed by atoms with Crippen molar-refractivity contribution in [1.29, 1.82) is 0 Å². The molecule has 0 saturated carbocycles. The minimum Gasteiger partial charge on any atom is -0.493 e. The molecule has 0 radical (unpaired) electrons. The molecule has 0 atom stereocenters. The Morgan fingerprint density at radius 2 is 1.67 bits per heavy atom. The molecule has 0 aliphatic heterocycles. The van der Waals surface area contributed by atoms with Gasteiger partial charge in [-0.05, 0) is 43.7 Å². The second kappa shape index (κ2) is 10.7. The number of amides is 2. The molecule has 2 aromatic carbocycles. The molecule has 0 saturated heterocycles. The fourth-order valence-corrected chi connectivity index (χ4v) is 3.29. The Labute approximate surface area is 192 Å². The van der Waals surface area contributed by atoms with Gasteiger partial charge in [0.25, 0.3) is 0 Å². The van der Waals surface area contributed by atoms with Crippen LogP contribution in [0.1, 0.15) is 25.1 Å². The predicted octanol–water partition coefficient (Wildman–Crippen LogP) is 4.63. The van der Waals surface area contributed by atoms with E-state index in [0.29, 0.717) is 34.3 Å². The standard InChI is InChI=1S/C24H28FN3O5/c1-15(2)26-24(29)28(13-16-6-8-18(25)9-7-16)14-19-12-20(33-27-19)17-10-21(30-3)23(32-5)22(11-17)31-4/h6-12,15H,13-14H2,1-5H3,(H,26,29). The Morgan fingerprint density at radius 1 is 1.03 bits per heavy atom. The summed E-state index contributed by atoms with van der Waals surface area (Å²) in [7, 11) is 4.60. The molecule has 0 unspecified atom stereocenters. The van der Waals surface area contributed by atoms with E-state index in [0.717, 1.165) is 5.56 Å². The number of nitrogens with one attached hydrogen (secondary N) is 1. The first-order chi connectivity index (χ1) is 15.8. The summed E-state index contributed by atoms with van der Waals surface area (Å²) in [5.41, 5.74) is 2.03. The van der Waals surface area contributed by atoms with Crippen molar-refractivity contribution in [2.75, 3.05) is 21.3 Å². The van der Waals surface area contributed by atoms with Crippen molar-refractivity contribution in [3.05, 3.63) is 59.5 Å². The Hall–Kier alpha value is -3.75. The number of rotatable bonds is 9. The lowest BCUT2D eigenvalue weighted by Crippen LogP contribution is -2.42. The molecule has 0 bridgehead atoms. The zero-order chi connectivity index (χ0) is 24.0. The number of hydrogen-bond donors (Lipinski definition) is 1. The number of halogens is 1. The van der Waals surface area contributed by atoms with E-state index in [1.165, 1.54) is 33.5 Å². The van der Waals surface area contributed by atoms with E-state index >= 15 is 0 Å². The van der Waals surface area contributed by atoms with Crippen molar-refractivity contribution in [3.63, 3.8) is 0 Å². The lowest BCUT2D eigenvalue weighted by molar-refractivity contribution is 0.188. The van der Waals surface area contributed by atoms with Gasteiger partial charge in [0, 0.05) is 24.2 Å². The molecule has 9 heteroatoms.